The van der Waals surface area contributed by atoms with Gasteiger partial charge in [0.2, 0.25) is 10.0 Å². The molecular formula is C23H22F3N3O4S. The highest BCUT2D eigenvalue weighted by Gasteiger charge is 2.33. The van der Waals surface area contributed by atoms with E-state index < -0.39 is 21.8 Å². The first-order chi connectivity index (χ1) is 16.0. The molecule has 1 amide bonds. The van der Waals surface area contributed by atoms with Gasteiger partial charge in [0.25, 0.3) is 5.91 Å². The number of carbonyl (C=O) groups excluding carboxylic acids is 1. The lowest BCUT2D eigenvalue weighted by molar-refractivity contribution is -0.137. The summed E-state index contributed by atoms with van der Waals surface area (Å²) < 4.78 is 70.4. The fourth-order valence-corrected chi connectivity index (χ4v) is 5.28. The third kappa shape index (κ3) is 4.58. The van der Waals surface area contributed by atoms with Crippen LogP contribution in [0.15, 0.2) is 53.4 Å². The summed E-state index contributed by atoms with van der Waals surface area (Å²) >= 11 is 0. The van der Waals surface area contributed by atoms with E-state index >= 15 is 0 Å². The molecule has 0 radical (unpaired) electrons. The third-order valence-electron chi connectivity index (χ3n) is 5.79. The zero-order chi connectivity index (χ0) is 24.7. The van der Waals surface area contributed by atoms with E-state index in [0.29, 0.717) is 22.5 Å². The minimum absolute atomic E-state index is 0.0341. The van der Waals surface area contributed by atoms with Gasteiger partial charge in [-0.2, -0.15) is 17.5 Å². The quantitative estimate of drug-likeness (QED) is 0.554. The Morgan fingerprint density at radius 1 is 1.00 bits per heavy atom. The zero-order valence-corrected chi connectivity index (χ0v) is 19.3. The Labute approximate surface area is 194 Å². The molecule has 2 aromatic carbocycles. The number of hydrogen-bond acceptors (Lipinski definition) is 5. The maximum Gasteiger partial charge on any atom is 0.416 e. The number of aryl methyl sites for hydroxylation is 1. The lowest BCUT2D eigenvalue weighted by Crippen LogP contribution is -2.50. The molecule has 7 nitrogen and oxygen atoms in total. The Bertz CT molecular complexity index is 1330. The Hall–Kier alpha value is -3.18. The number of fused-ring (bicyclic) bond motifs is 1. The molecule has 1 saturated heterocycles. The molecule has 1 aliphatic rings. The molecule has 4 rings (SSSR count). The van der Waals surface area contributed by atoms with Crippen molar-refractivity contribution in [2.24, 2.45) is 0 Å². The molecule has 34 heavy (non-hydrogen) atoms. The number of aromatic nitrogens is 1. The summed E-state index contributed by atoms with van der Waals surface area (Å²) in [7, 11) is -2.42. The molecule has 11 heteroatoms. The van der Waals surface area contributed by atoms with E-state index in [9.17, 15) is 26.4 Å². The summed E-state index contributed by atoms with van der Waals surface area (Å²) in [5.74, 6) is 0.401. The average molecular weight is 494 g/mol. The molecule has 3 aromatic rings. The van der Waals surface area contributed by atoms with Crippen molar-refractivity contribution >= 4 is 26.8 Å². The van der Waals surface area contributed by atoms with E-state index in [-0.39, 0.29) is 37.0 Å². The van der Waals surface area contributed by atoms with E-state index in [0.717, 1.165) is 29.7 Å². The van der Waals surface area contributed by atoms with Crippen molar-refractivity contribution in [3.05, 3.63) is 65.4 Å². The summed E-state index contributed by atoms with van der Waals surface area (Å²) in [6, 6.07) is 10.5. The standard InChI is InChI=1S/C23H22F3N3O4S/c1-15-20(13-16-3-6-18(33-2)14-21(16)27-15)22(30)28-9-11-29(12-10-28)34(31,32)19-7-4-17(5-8-19)23(24,25)26/h3-8,13-14H,9-12H2,1-2H3. The molecule has 0 atom stereocenters. The van der Waals surface area contributed by atoms with E-state index in [2.05, 4.69) is 4.98 Å². The van der Waals surface area contributed by atoms with Crippen LogP contribution in [0.5, 0.6) is 5.75 Å². The molecule has 2 heterocycles. The van der Waals surface area contributed by atoms with Crippen molar-refractivity contribution in [2.75, 3.05) is 33.3 Å². The first kappa shape index (κ1) is 24.0. The number of pyridine rings is 1. The molecule has 1 aromatic heterocycles. The smallest absolute Gasteiger partial charge is 0.416 e. The lowest BCUT2D eigenvalue weighted by atomic mass is 10.1. The second kappa shape index (κ2) is 8.88. The predicted molar refractivity (Wildman–Crippen MR) is 119 cm³/mol. The van der Waals surface area contributed by atoms with Gasteiger partial charge in [0.15, 0.2) is 0 Å². The first-order valence-electron chi connectivity index (χ1n) is 10.4. The number of sulfonamides is 1. The van der Waals surface area contributed by atoms with Crippen LogP contribution < -0.4 is 4.74 Å². The normalized spacial score (nSPS) is 15.5. The number of hydrogen-bond donors (Lipinski definition) is 0. The van der Waals surface area contributed by atoms with Crippen molar-refractivity contribution in [3.8, 4) is 5.75 Å². The van der Waals surface area contributed by atoms with Crippen LogP contribution in [-0.4, -0.2) is 61.8 Å². The molecule has 0 unspecified atom stereocenters. The molecule has 0 spiro atoms. The SMILES string of the molecule is COc1ccc2cc(C(=O)N3CCN(S(=O)(=O)c4ccc(C(F)(F)F)cc4)CC3)c(C)nc2c1. The number of rotatable bonds is 4. The van der Waals surface area contributed by atoms with E-state index in [4.69, 9.17) is 4.74 Å². The minimum Gasteiger partial charge on any atom is -0.497 e. The monoisotopic (exact) mass is 493 g/mol. The average Bonchev–Trinajstić information content (AvgIpc) is 2.82. The number of alkyl halides is 3. The van der Waals surface area contributed by atoms with Gasteiger partial charge in [-0.05, 0) is 49.4 Å². The van der Waals surface area contributed by atoms with Crippen molar-refractivity contribution in [1.29, 1.82) is 0 Å². The van der Waals surface area contributed by atoms with Crippen molar-refractivity contribution in [2.45, 2.75) is 18.0 Å². The van der Waals surface area contributed by atoms with Gasteiger partial charge in [0.05, 0.1) is 34.3 Å². The van der Waals surface area contributed by atoms with Gasteiger partial charge in [-0.25, -0.2) is 8.42 Å². The summed E-state index contributed by atoms with van der Waals surface area (Å²) in [6.07, 6.45) is -4.55. The topological polar surface area (TPSA) is 79.8 Å². The molecule has 0 bridgehead atoms. The number of nitrogens with zero attached hydrogens (tertiary/aromatic N) is 3. The molecule has 1 aliphatic heterocycles. The van der Waals surface area contributed by atoms with Crippen LogP contribution in [0, 0.1) is 6.92 Å². The largest absolute Gasteiger partial charge is 0.497 e. The number of amides is 1. The highest BCUT2D eigenvalue weighted by atomic mass is 32.2. The Morgan fingerprint density at radius 2 is 1.65 bits per heavy atom. The van der Waals surface area contributed by atoms with Crippen LogP contribution in [0.4, 0.5) is 13.2 Å². The van der Waals surface area contributed by atoms with Crippen LogP contribution in [0.25, 0.3) is 10.9 Å². The Balaban J connectivity index is 1.48. The number of benzene rings is 2. The van der Waals surface area contributed by atoms with Crippen LogP contribution in [0.1, 0.15) is 21.6 Å². The van der Waals surface area contributed by atoms with Gasteiger partial charge in [-0.3, -0.25) is 9.78 Å². The van der Waals surface area contributed by atoms with Gasteiger partial charge < -0.3 is 9.64 Å². The summed E-state index contributed by atoms with van der Waals surface area (Å²) in [4.78, 5) is 19.0. The van der Waals surface area contributed by atoms with Crippen molar-refractivity contribution < 1.29 is 31.1 Å². The van der Waals surface area contributed by atoms with Crippen LogP contribution >= 0.6 is 0 Å². The molecule has 0 saturated carbocycles. The maximum absolute atomic E-state index is 13.1. The lowest BCUT2D eigenvalue weighted by Gasteiger charge is -2.34. The molecular weight excluding hydrogens is 471 g/mol. The summed E-state index contributed by atoms with van der Waals surface area (Å²) in [5.41, 5.74) is 0.753. The van der Waals surface area contributed by atoms with Crippen molar-refractivity contribution in [3.63, 3.8) is 0 Å². The van der Waals surface area contributed by atoms with Gasteiger partial charge in [-0.1, -0.05) is 0 Å². The maximum atomic E-state index is 13.1. The molecule has 180 valence electrons. The molecule has 0 aliphatic carbocycles. The fraction of sp³-hybridized carbons (Fsp3) is 0.304. The van der Waals surface area contributed by atoms with Crippen molar-refractivity contribution in [1.82, 2.24) is 14.2 Å². The van der Waals surface area contributed by atoms with E-state index in [1.807, 2.05) is 6.07 Å². The second-order valence-corrected chi connectivity index (χ2v) is 9.84. The molecule has 0 N–H and O–H groups in total. The van der Waals surface area contributed by atoms with Crippen LogP contribution in [0.2, 0.25) is 0 Å². The fourth-order valence-electron chi connectivity index (χ4n) is 3.85. The van der Waals surface area contributed by atoms with Crippen LogP contribution in [0.3, 0.4) is 0 Å². The molecule has 1 fully saturated rings. The number of methoxy groups -OCH3 is 1. The van der Waals surface area contributed by atoms with Gasteiger partial charge >= 0.3 is 6.18 Å². The summed E-state index contributed by atoms with van der Waals surface area (Å²) in [6.45, 7) is 2.10. The highest BCUT2D eigenvalue weighted by Crippen LogP contribution is 2.30. The highest BCUT2D eigenvalue weighted by molar-refractivity contribution is 7.89. The summed E-state index contributed by atoms with van der Waals surface area (Å²) in [5, 5.41) is 0.776. The van der Waals surface area contributed by atoms with Gasteiger partial charge in [-0.15, -0.1) is 0 Å². The Morgan fingerprint density at radius 3 is 2.24 bits per heavy atom. The van der Waals surface area contributed by atoms with Crippen LogP contribution in [-0.2, 0) is 16.2 Å². The minimum atomic E-state index is -4.55. The first-order valence-corrected chi connectivity index (χ1v) is 11.9. The number of carbonyl (C=O) groups is 1. The van der Waals surface area contributed by atoms with E-state index in [1.54, 1.807) is 37.1 Å². The van der Waals surface area contributed by atoms with E-state index in [1.165, 1.54) is 4.31 Å². The van der Waals surface area contributed by atoms with Gasteiger partial charge in [0, 0.05) is 37.6 Å². The second-order valence-electron chi connectivity index (χ2n) is 7.90. The number of halogens is 3. The third-order valence-corrected chi connectivity index (χ3v) is 7.70. The Kier molecular flexibility index (Phi) is 6.26. The van der Waals surface area contributed by atoms with Gasteiger partial charge in [0.1, 0.15) is 5.75 Å². The predicted octanol–water partition coefficient (Wildman–Crippen LogP) is 3.72. The number of piperazine rings is 1. The zero-order valence-electron chi connectivity index (χ0n) is 18.5. The number of ether oxygens (including phenoxy) is 1.